The maximum absolute atomic E-state index is 11.6. The molecule has 0 saturated carbocycles. The van der Waals surface area contributed by atoms with E-state index in [9.17, 15) is 39.3 Å². The summed E-state index contributed by atoms with van der Waals surface area (Å²) in [5.74, 6) is -2.04. The number of aliphatic carboxylic acids is 2. The molecular weight excluding hydrogens is 547 g/mol. The Morgan fingerprint density at radius 1 is 0.775 bits per heavy atom. The van der Waals surface area contributed by atoms with E-state index in [0.717, 1.165) is 5.56 Å². The number of hydrogen-bond donors (Lipinski definition) is 5. The highest BCUT2D eigenvalue weighted by Crippen LogP contribution is 2.34. The second-order valence-electron chi connectivity index (χ2n) is 9.83. The number of aliphatic hydroxyl groups is 1. The number of carbonyl (C=O) groups is 2. The quantitative estimate of drug-likeness (QED) is 0.125. The average molecular weight is 591 g/mol. The van der Waals surface area contributed by atoms with E-state index < -0.39 is 31.9 Å². The molecule has 1 aromatic rings. The molecular formula is C25H43N4O10P. The number of aliphatic hydroxyl groups excluding tert-OH is 1. The summed E-state index contributed by atoms with van der Waals surface area (Å²) in [5.41, 5.74) is 1.06. The number of carboxylic acids is 2. The zero-order chi connectivity index (χ0) is 29.4. The molecule has 0 aromatic heterocycles. The van der Waals surface area contributed by atoms with Crippen LogP contribution in [-0.2, 0) is 30.2 Å². The Kier molecular flexibility index (Phi) is 15.8. The van der Waals surface area contributed by atoms with Crippen molar-refractivity contribution in [2.24, 2.45) is 0 Å². The molecule has 1 aliphatic heterocycles. The lowest BCUT2D eigenvalue weighted by Gasteiger charge is -2.34. The zero-order valence-corrected chi connectivity index (χ0v) is 23.7. The lowest BCUT2D eigenvalue weighted by atomic mass is 10.2. The number of benzene rings is 1. The SMILES string of the molecule is O=C(O)CN1CCN(CC(O)COCCOCc2ccccc2)CCN(CC(=O)O)CCN(CP(=O)(O)O)CC1. The van der Waals surface area contributed by atoms with Gasteiger partial charge in [0.1, 0.15) is 6.29 Å². The van der Waals surface area contributed by atoms with E-state index in [2.05, 4.69) is 0 Å². The molecule has 14 nitrogen and oxygen atoms in total. The average Bonchev–Trinajstić information content (AvgIpc) is 2.87. The van der Waals surface area contributed by atoms with E-state index in [4.69, 9.17) is 9.47 Å². The van der Waals surface area contributed by atoms with Crippen molar-refractivity contribution >= 4 is 19.5 Å². The van der Waals surface area contributed by atoms with Crippen LogP contribution in [0.2, 0.25) is 0 Å². The van der Waals surface area contributed by atoms with Gasteiger partial charge >= 0.3 is 19.5 Å². The van der Waals surface area contributed by atoms with Crippen molar-refractivity contribution in [3.05, 3.63) is 35.9 Å². The minimum Gasteiger partial charge on any atom is -0.480 e. The van der Waals surface area contributed by atoms with Crippen LogP contribution in [0.3, 0.4) is 0 Å². The highest BCUT2D eigenvalue weighted by molar-refractivity contribution is 7.51. The van der Waals surface area contributed by atoms with E-state index in [1.807, 2.05) is 35.2 Å². The molecule has 0 amide bonds. The zero-order valence-electron chi connectivity index (χ0n) is 22.8. The standard InChI is InChI=1S/C25H43N4O10P/c30-23(20-39-15-14-38-19-22-4-2-1-3-5-22)16-26-6-8-27(17-24(31)32)10-12-29(21-40(35,36)37)13-11-28(9-7-26)18-25(33)34/h1-5,23,30H,6-21H2,(H,31,32)(H,33,34)(H2,35,36,37). The number of β-amino-alcohol motifs (C(OH)–C–C–N with tert-alkyl or cyclic N) is 1. The minimum absolute atomic E-state index is 0.0835. The second-order valence-corrected chi connectivity index (χ2v) is 11.4. The highest BCUT2D eigenvalue weighted by atomic mass is 31.2. The molecule has 5 N–H and O–H groups in total. The van der Waals surface area contributed by atoms with Gasteiger partial charge in [-0.05, 0) is 5.56 Å². The molecule has 0 aliphatic carbocycles. The van der Waals surface area contributed by atoms with Gasteiger partial charge in [0.05, 0.1) is 45.6 Å². The Bertz CT molecular complexity index is 890. The Balaban J connectivity index is 1.92. The first-order valence-electron chi connectivity index (χ1n) is 13.2. The monoisotopic (exact) mass is 590 g/mol. The van der Waals surface area contributed by atoms with Crippen molar-refractivity contribution in [1.29, 1.82) is 0 Å². The molecule has 1 heterocycles. The van der Waals surface area contributed by atoms with Crippen molar-refractivity contribution in [2.45, 2.75) is 12.7 Å². The van der Waals surface area contributed by atoms with E-state index in [1.165, 1.54) is 4.90 Å². The molecule has 40 heavy (non-hydrogen) atoms. The van der Waals surface area contributed by atoms with Crippen LogP contribution in [-0.4, -0.2) is 161 Å². The number of rotatable bonds is 15. The van der Waals surface area contributed by atoms with Crippen LogP contribution in [0.4, 0.5) is 0 Å². The Morgan fingerprint density at radius 3 is 1.75 bits per heavy atom. The van der Waals surface area contributed by atoms with Crippen LogP contribution in [0.25, 0.3) is 0 Å². The molecule has 1 aliphatic rings. The predicted molar refractivity (Wildman–Crippen MR) is 146 cm³/mol. The van der Waals surface area contributed by atoms with Crippen LogP contribution < -0.4 is 0 Å². The van der Waals surface area contributed by atoms with Gasteiger partial charge < -0.3 is 34.6 Å². The first kappa shape index (κ1) is 34.2. The van der Waals surface area contributed by atoms with E-state index >= 15 is 0 Å². The summed E-state index contributed by atoms with van der Waals surface area (Å²) in [7, 11) is -4.36. The summed E-state index contributed by atoms with van der Waals surface area (Å²) in [4.78, 5) is 48.6. The summed E-state index contributed by atoms with van der Waals surface area (Å²) in [6, 6.07) is 9.74. The maximum atomic E-state index is 11.6. The van der Waals surface area contributed by atoms with E-state index in [-0.39, 0.29) is 52.4 Å². The number of carboxylic acid groups (broad SMARTS) is 2. The topological polar surface area (TPSA) is 184 Å². The van der Waals surface area contributed by atoms with Crippen molar-refractivity contribution in [3.63, 3.8) is 0 Å². The molecule has 228 valence electrons. The molecule has 2 rings (SSSR count). The molecule has 1 aromatic carbocycles. The molecule has 1 atom stereocenters. The highest BCUT2D eigenvalue weighted by Gasteiger charge is 2.24. The maximum Gasteiger partial charge on any atom is 0.339 e. The van der Waals surface area contributed by atoms with Crippen LogP contribution >= 0.6 is 7.60 Å². The third-order valence-electron chi connectivity index (χ3n) is 6.29. The lowest BCUT2D eigenvalue weighted by Crippen LogP contribution is -2.49. The minimum atomic E-state index is -4.36. The molecule has 15 heteroatoms. The number of nitrogens with zero attached hydrogens (tertiary/aromatic N) is 4. The van der Waals surface area contributed by atoms with Gasteiger partial charge in [0.2, 0.25) is 0 Å². The molecule has 1 saturated heterocycles. The first-order valence-corrected chi connectivity index (χ1v) is 15.0. The third-order valence-corrected chi connectivity index (χ3v) is 7.06. The molecule has 1 fully saturated rings. The van der Waals surface area contributed by atoms with Crippen molar-refractivity contribution < 1.29 is 48.7 Å². The smallest absolute Gasteiger partial charge is 0.339 e. The fourth-order valence-electron chi connectivity index (χ4n) is 4.31. The van der Waals surface area contributed by atoms with Crippen molar-refractivity contribution in [2.75, 3.05) is 98.1 Å². The van der Waals surface area contributed by atoms with Crippen LogP contribution in [0.5, 0.6) is 0 Å². The second kappa shape index (κ2) is 18.5. The first-order chi connectivity index (χ1) is 19.0. The van der Waals surface area contributed by atoms with Crippen LogP contribution in [0, 0.1) is 0 Å². The van der Waals surface area contributed by atoms with Gasteiger partial charge in [0.25, 0.3) is 0 Å². The normalized spacial score (nSPS) is 18.6. The summed E-state index contributed by atoms with van der Waals surface area (Å²) in [6.07, 6.45) is -1.31. The summed E-state index contributed by atoms with van der Waals surface area (Å²) in [6.45, 7) is 3.45. The van der Waals surface area contributed by atoms with Gasteiger partial charge in [-0.15, -0.1) is 0 Å². The van der Waals surface area contributed by atoms with Gasteiger partial charge in [-0.2, -0.15) is 0 Å². The Hall–Kier alpha value is -1.97. The third kappa shape index (κ3) is 16.3. The van der Waals surface area contributed by atoms with Crippen LogP contribution in [0.1, 0.15) is 5.56 Å². The van der Waals surface area contributed by atoms with Gasteiger partial charge in [-0.3, -0.25) is 33.8 Å². The van der Waals surface area contributed by atoms with Crippen LogP contribution in [0.15, 0.2) is 30.3 Å². The molecule has 0 bridgehead atoms. The Labute approximate surface area is 234 Å². The molecule has 0 spiro atoms. The largest absolute Gasteiger partial charge is 0.480 e. The van der Waals surface area contributed by atoms with E-state index in [1.54, 1.807) is 9.80 Å². The van der Waals surface area contributed by atoms with E-state index in [0.29, 0.717) is 46.0 Å². The number of hydrogen-bond acceptors (Lipinski definition) is 10. The van der Waals surface area contributed by atoms with Crippen molar-refractivity contribution in [3.8, 4) is 0 Å². The van der Waals surface area contributed by atoms with Gasteiger partial charge in [-0.1, -0.05) is 30.3 Å². The summed E-state index contributed by atoms with van der Waals surface area (Å²) in [5, 5.41) is 29.3. The summed E-state index contributed by atoms with van der Waals surface area (Å²) >= 11 is 0. The summed E-state index contributed by atoms with van der Waals surface area (Å²) < 4.78 is 22.8. The Morgan fingerprint density at radius 2 is 1.25 bits per heavy atom. The fourth-order valence-corrected chi connectivity index (χ4v) is 5.12. The molecule has 1 unspecified atom stereocenters. The predicted octanol–water partition coefficient (Wildman–Crippen LogP) is -0.893. The number of ether oxygens (including phenoxy) is 2. The van der Waals surface area contributed by atoms with Crippen molar-refractivity contribution in [1.82, 2.24) is 19.6 Å². The fraction of sp³-hybridized carbons (Fsp3) is 0.680. The molecule has 0 radical (unpaired) electrons. The van der Waals surface area contributed by atoms with Gasteiger partial charge in [0.15, 0.2) is 0 Å². The van der Waals surface area contributed by atoms with Gasteiger partial charge in [0, 0.05) is 58.9 Å². The van der Waals surface area contributed by atoms with Gasteiger partial charge in [-0.25, -0.2) is 0 Å². The lowest BCUT2D eigenvalue weighted by molar-refractivity contribution is -0.139.